The maximum atomic E-state index is 5.62. The number of rotatable bonds is 2. The summed E-state index contributed by atoms with van der Waals surface area (Å²) < 4.78 is 0. The summed E-state index contributed by atoms with van der Waals surface area (Å²) in [5.41, 5.74) is 12.2. The van der Waals surface area contributed by atoms with E-state index in [0.717, 1.165) is 35.4 Å². The molecule has 24 heavy (non-hydrogen) atoms. The zero-order chi connectivity index (χ0) is 16.5. The number of hydrogen-bond acceptors (Lipinski definition) is 3. The van der Waals surface area contributed by atoms with Gasteiger partial charge in [-0.05, 0) is 30.6 Å². The van der Waals surface area contributed by atoms with Crippen molar-refractivity contribution in [1.82, 2.24) is 9.97 Å². The predicted octanol–water partition coefficient (Wildman–Crippen LogP) is 3.56. The van der Waals surface area contributed by atoms with E-state index in [2.05, 4.69) is 40.6 Å². The molecule has 0 bridgehead atoms. The van der Waals surface area contributed by atoms with Crippen molar-refractivity contribution in [2.75, 3.05) is 5.32 Å². The highest BCUT2D eigenvalue weighted by atomic mass is 32.1. The Morgan fingerprint density at radius 2 is 1.62 bits per heavy atom. The van der Waals surface area contributed by atoms with E-state index in [1.165, 1.54) is 11.1 Å². The molecule has 3 aromatic rings. The van der Waals surface area contributed by atoms with E-state index in [1.807, 2.05) is 24.3 Å². The van der Waals surface area contributed by atoms with Gasteiger partial charge in [0.05, 0.1) is 11.4 Å². The topological polar surface area (TPSA) is 63.8 Å². The lowest BCUT2D eigenvalue weighted by Gasteiger charge is -2.22. The second-order valence-corrected chi connectivity index (χ2v) is 6.18. The monoisotopic (exact) mass is 332 g/mol. The Bertz CT molecular complexity index is 905. The maximum absolute atomic E-state index is 5.62. The van der Waals surface area contributed by atoms with E-state index in [-0.39, 0.29) is 5.11 Å². The van der Waals surface area contributed by atoms with Crippen LogP contribution in [0.4, 0.5) is 5.95 Å². The van der Waals surface area contributed by atoms with Crippen molar-refractivity contribution in [3.8, 4) is 22.5 Å². The molecule has 3 N–H and O–H groups in total. The molecule has 118 valence electrons. The molecule has 1 aromatic heterocycles. The Hall–Kier alpha value is -2.79. The third-order valence-corrected chi connectivity index (χ3v) is 4.31. The number of aryl methyl sites for hydroxylation is 1. The van der Waals surface area contributed by atoms with E-state index in [0.29, 0.717) is 5.95 Å². The van der Waals surface area contributed by atoms with Gasteiger partial charge < -0.3 is 11.1 Å². The minimum Gasteiger partial charge on any atom is -0.376 e. The fourth-order valence-electron chi connectivity index (χ4n) is 3.17. The third-order valence-electron chi connectivity index (χ3n) is 4.21. The lowest BCUT2D eigenvalue weighted by Crippen LogP contribution is -2.22. The van der Waals surface area contributed by atoms with Crippen LogP contribution >= 0.6 is 12.2 Å². The lowest BCUT2D eigenvalue weighted by atomic mass is 9.87. The first-order valence-electron chi connectivity index (χ1n) is 7.83. The van der Waals surface area contributed by atoms with Crippen LogP contribution in [0.3, 0.4) is 0 Å². The van der Waals surface area contributed by atoms with Crippen LogP contribution in [0.5, 0.6) is 0 Å². The molecule has 0 fully saturated rings. The highest BCUT2D eigenvalue weighted by Crippen LogP contribution is 2.37. The molecule has 2 aromatic carbocycles. The molecule has 0 amide bonds. The normalized spacial score (nSPS) is 12.2. The number of aromatic nitrogens is 2. The average Bonchev–Trinajstić information content (AvgIpc) is 2.61. The number of nitrogens with zero attached hydrogens (tertiary/aromatic N) is 2. The predicted molar refractivity (Wildman–Crippen MR) is 101 cm³/mol. The van der Waals surface area contributed by atoms with Crippen molar-refractivity contribution in [2.24, 2.45) is 5.73 Å². The van der Waals surface area contributed by atoms with E-state index in [4.69, 9.17) is 22.9 Å². The molecule has 1 aliphatic rings. The molecular formula is C19H16N4S. The summed E-state index contributed by atoms with van der Waals surface area (Å²) in [6.07, 6.45) is 1.92. The SMILES string of the molecule is NC(=S)Nc1nc(-c2ccccc2)c2c(n1)-c1ccccc1CC2. The molecule has 0 atom stereocenters. The van der Waals surface area contributed by atoms with Gasteiger partial charge in [0.25, 0.3) is 0 Å². The Labute approximate surface area is 145 Å². The molecule has 0 unspecified atom stereocenters. The van der Waals surface area contributed by atoms with Gasteiger partial charge in [-0.25, -0.2) is 9.97 Å². The zero-order valence-electron chi connectivity index (χ0n) is 13.0. The van der Waals surface area contributed by atoms with Crippen LogP contribution in [0.15, 0.2) is 54.6 Å². The van der Waals surface area contributed by atoms with Crippen molar-refractivity contribution in [1.29, 1.82) is 0 Å². The van der Waals surface area contributed by atoms with Gasteiger partial charge >= 0.3 is 0 Å². The van der Waals surface area contributed by atoms with Crippen LogP contribution < -0.4 is 11.1 Å². The van der Waals surface area contributed by atoms with Crippen molar-refractivity contribution in [3.05, 3.63) is 65.7 Å². The first-order valence-corrected chi connectivity index (χ1v) is 8.24. The number of anilines is 1. The van der Waals surface area contributed by atoms with E-state index >= 15 is 0 Å². The molecule has 5 heteroatoms. The van der Waals surface area contributed by atoms with Gasteiger partial charge in [-0.2, -0.15) is 0 Å². The zero-order valence-corrected chi connectivity index (χ0v) is 13.8. The number of benzene rings is 2. The summed E-state index contributed by atoms with van der Waals surface area (Å²) in [5.74, 6) is 0.441. The van der Waals surface area contributed by atoms with E-state index < -0.39 is 0 Å². The van der Waals surface area contributed by atoms with Gasteiger partial charge in [-0.1, -0.05) is 54.6 Å². The Morgan fingerprint density at radius 1 is 0.917 bits per heavy atom. The van der Waals surface area contributed by atoms with Crippen LogP contribution in [-0.4, -0.2) is 15.1 Å². The molecule has 0 saturated carbocycles. The Kier molecular flexibility index (Phi) is 3.70. The first-order chi connectivity index (χ1) is 11.7. The van der Waals surface area contributed by atoms with Gasteiger partial charge in [-0.3, -0.25) is 0 Å². The van der Waals surface area contributed by atoms with Gasteiger partial charge in [0.2, 0.25) is 5.95 Å². The molecule has 4 rings (SSSR count). The molecule has 1 aliphatic carbocycles. The van der Waals surface area contributed by atoms with E-state index in [9.17, 15) is 0 Å². The van der Waals surface area contributed by atoms with Crippen LogP contribution in [0.2, 0.25) is 0 Å². The second-order valence-electron chi connectivity index (χ2n) is 5.74. The summed E-state index contributed by atoms with van der Waals surface area (Å²) in [4.78, 5) is 9.37. The summed E-state index contributed by atoms with van der Waals surface area (Å²) in [5, 5.41) is 3.05. The largest absolute Gasteiger partial charge is 0.376 e. The average molecular weight is 332 g/mol. The highest BCUT2D eigenvalue weighted by Gasteiger charge is 2.23. The first kappa shape index (κ1) is 14.8. The summed E-state index contributed by atoms with van der Waals surface area (Å²) in [6.45, 7) is 0. The molecular weight excluding hydrogens is 316 g/mol. The fourth-order valence-corrected chi connectivity index (χ4v) is 3.26. The molecule has 4 nitrogen and oxygen atoms in total. The number of nitrogens with two attached hydrogens (primary N) is 1. The standard InChI is InChI=1S/C19H16N4S/c20-18(24)23-19-21-16(13-7-2-1-3-8-13)15-11-10-12-6-4-5-9-14(12)17(15)22-19/h1-9H,10-11H2,(H3,20,21,22,23,24). The lowest BCUT2D eigenvalue weighted by molar-refractivity contribution is 0.916. The van der Waals surface area contributed by atoms with Crippen molar-refractivity contribution in [3.63, 3.8) is 0 Å². The van der Waals surface area contributed by atoms with Gasteiger partial charge in [-0.15, -0.1) is 0 Å². The van der Waals surface area contributed by atoms with Crippen LogP contribution in [0.1, 0.15) is 11.1 Å². The van der Waals surface area contributed by atoms with Crippen LogP contribution in [-0.2, 0) is 12.8 Å². The molecule has 0 saturated heterocycles. The third kappa shape index (κ3) is 2.63. The van der Waals surface area contributed by atoms with Gasteiger partial charge in [0.1, 0.15) is 0 Å². The summed E-state index contributed by atoms with van der Waals surface area (Å²) in [7, 11) is 0. The number of thiocarbonyl (C=S) groups is 1. The quantitative estimate of drug-likeness (QED) is 0.703. The fraction of sp³-hybridized carbons (Fsp3) is 0.105. The smallest absolute Gasteiger partial charge is 0.230 e. The molecule has 0 aliphatic heterocycles. The minimum absolute atomic E-state index is 0.165. The highest BCUT2D eigenvalue weighted by molar-refractivity contribution is 7.80. The Balaban J connectivity index is 1.97. The van der Waals surface area contributed by atoms with Crippen LogP contribution in [0, 0.1) is 0 Å². The van der Waals surface area contributed by atoms with Crippen molar-refractivity contribution >= 4 is 23.3 Å². The number of hydrogen-bond donors (Lipinski definition) is 2. The van der Waals surface area contributed by atoms with Crippen molar-refractivity contribution in [2.45, 2.75) is 12.8 Å². The molecule has 1 heterocycles. The number of fused-ring (bicyclic) bond motifs is 3. The molecule has 0 spiro atoms. The summed E-state index contributed by atoms with van der Waals surface area (Å²) in [6, 6.07) is 18.5. The summed E-state index contributed by atoms with van der Waals surface area (Å²) >= 11 is 4.96. The van der Waals surface area contributed by atoms with Gasteiger partial charge in [0, 0.05) is 16.7 Å². The van der Waals surface area contributed by atoms with E-state index in [1.54, 1.807) is 0 Å². The maximum Gasteiger partial charge on any atom is 0.230 e. The van der Waals surface area contributed by atoms with Crippen LogP contribution in [0.25, 0.3) is 22.5 Å². The number of nitrogens with one attached hydrogen (secondary N) is 1. The minimum atomic E-state index is 0.165. The molecule has 0 radical (unpaired) electrons. The van der Waals surface area contributed by atoms with Crippen molar-refractivity contribution < 1.29 is 0 Å². The second kappa shape index (κ2) is 6.02. The Morgan fingerprint density at radius 3 is 2.42 bits per heavy atom. The van der Waals surface area contributed by atoms with Gasteiger partial charge in [0.15, 0.2) is 5.11 Å².